The van der Waals surface area contributed by atoms with Crippen LogP contribution in [-0.2, 0) is 9.59 Å². The second-order valence-corrected chi connectivity index (χ2v) is 5.38. The van der Waals surface area contributed by atoms with Gasteiger partial charge < -0.3 is 10.6 Å². The SMILES string of the molecule is Cc1c(Cl)cc(NC(=O)[C@H]2CCCC(=O)N2)cc1Cl. The number of carbonyl (C=O) groups is 2. The zero-order valence-electron chi connectivity index (χ0n) is 10.4. The van der Waals surface area contributed by atoms with Gasteiger partial charge in [0.15, 0.2) is 0 Å². The maximum Gasteiger partial charge on any atom is 0.246 e. The summed E-state index contributed by atoms with van der Waals surface area (Å²) in [6.07, 6.45) is 1.84. The van der Waals surface area contributed by atoms with Gasteiger partial charge in [-0.15, -0.1) is 0 Å². The molecule has 2 N–H and O–H groups in total. The molecule has 1 aliphatic heterocycles. The smallest absolute Gasteiger partial charge is 0.246 e. The number of rotatable bonds is 2. The van der Waals surface area contributed by atoms with Crippen LogP contribution in [0, 0.1) is 6.92 Å². The summed E-state index contributed by atoms with van der Waals surface area (Å²) < 4.78 is 0. The molecule has 0 saturated carbocycles. The maximum atomic E-state index is 12.0. The highest BCUT2D eigenvalue weighted by Crippen LogP contribution is 2.28. The normalized spacial score (nSPS) is 18.9. The number of carbonyl (C=O) groups excluding carboxylic acids is 2. The van der Waals surface area contributed by atoms with Gasteiger partial charge in [0.1, 0.15) is 6.04 Å². The van der Waals surface area contributed by atoms with E-state index in [0.717, 1.165) is 12.0 Å². The molecule has 1 aromatic carbocycles. The van der Waals surface area contributed by atoms with Crippen LogP contribution in [0.2, 0.25) is 10.0 Å². The topological polar surface area (TPSA) is 58.2 Å². The van der Waals surface area contributed by atoms with E-state index in [2.05, 4.69) is 10.6 Å². The molecule has 1 saturated heterocycles. The lowest BCUT2D eigenvalue weighted by Crippen LogP contribution is -2.46. The first-order valence-corrected chi connectivity index (χ1v) is 6.79. The Hall–Kier alpha value is -1.26. The standard InChI is InChI=1S/C13H14Cl2N2O2/c1-7-9(14)5-8(6-10(7)15)16-13(19)11-3-2-4-12(18)17-11/h5-6,11H,2-4H2,1H3,(H,16,19)(H,17,18)/t11-/m1/s1. The first-order chi connectivity index (χ1) is 8.97. The van der Waals surface area contributed by atoms with Crippen LogP contribution in [0.25, 0.3) is 0 Å². The van der Waals surface area contributed by atoms with Gasteiger partial charge in [-0.3, -0.25) is 9.59 Å². The average molecular weight is 301 g/mol. The molecular weight excluding hydrogens is 287 g/mol. The van der Waals surface area contributed by atoms with E-state index in [1.165, 1.54) is 0 Å². The van der Waals surface area contributed by atoms with Gasteiger partial charge >= 0.3 is 0 Å². The zero-order chi connectivity index (χ0) is 14.0. The summed E-state index contributed by atoms with van der Waals surface area (Å²) in [6, 6.07) is 2.80. The van der Waals surface area contributed by atoms with E-state index in [9.17, 15) is 9.59 Å². The van der Waals surface area contributed by atoms with Crippen molar-refractivity contribution in [1.29, 1.82) is 0 Å². The Morgan fingerprint density at radius 1 is 1.37 bits per heavy atom. The van der Waals surface area contributed by atoms with Crippen LogP contribution >= 0.6 is 23.2 Å². The number of hydrogen-bond acceptors (Lipinski definition) is 2. The van der Waals surface area contributed by atoms with Gasteiger partial charge in [0.05, 0.1) is 0 Å². The molecule has 19 heavy (non-hydrogen) atoms. The Labute approximate surface area is 121 Å². The second-order valence-electron chi connectivity index (χ2n) is 4.57. The second kappa shape index (κ2) is 5.80. The molecule has 1 fully saturated rings. The Bertz CT molecular complexity index is 508. The number of hydrogen-bond donors (Lipinski definition) is 2. The lowest BCUT2D eigenvalue weighted by Gasteiger charge is -2.22. The van der Waals surface area contributed by atoms with Gasteiger partial charge in [0.25, 0.3) is 0 Å². The zero-order valence-corrected chi connectivity index (χ0v) is 11.9. The summed E-state index contributed by atoms with van der Waals surface area (Å²) in [6.45, 7) is 1.80. The van der Waals surface area contributed by atoms with E-state index in [4.69, 9.17) is 23.2 Å². The van der Waals surface area contributed by atoms with Crippen LogP contribution in [0.4, 0.5) is 5.69 Å². The third-order valence-corrected chi connectivity index (χ3v) is 3.88. The van der Waals surface area contributed by atoms with Crippen LogP contribution in [0.15, 0.2) is 12.1 Å². The number of halogens is 2. The van der Waals surface area contributed by atoms with E-state index in [-0.39, 0.29) is 11.8 Å². The molecular formula is C13H14Cl2N2O2. The molecule has 4 nitrogen and oxygen atoms in total. The molecule has 1 atom stereocenters. The minimum Gasteiger partial charge on any atom is -0.344 e. The number of benzene rings is 1. The van der Waals surface area contributed by atoms with Crippen LogP contribution in [0.1, 0.15) is 24.8 Å². The number of piperidine rings is 1. The quantitative estimate of drug-likeness (QED) is 0.882. The van der Waals surface area contributed by atoms with Crippen molar-refractivity contribution in [3.8, 4) is 0 Å². The third kappa shape index (κ3) is 3.39. The molecule has 2 rings (SSSR count). The molecule has 0 bridgehead atoms. The molecule has 2 amide bonds. The molecule has 1 aromatic rings. The molecule has 0 radical (unpaired) electrons. The van der Waals surface area contributed by atoms with E-state index >= 15 is 0 Å². The Morgan fingerprint density at radius 2 is 2.00 bits per heavy atom. The van der Waals surface area contributed by atoms with Crippen LogP contribution in [0.5, 0.6) is 0 Å². The summed E-state index contributed by atoms with van der Waals surface area (Å²) in [5, 5.41) is 6.37. The van der Waals surface area contributed by atoms with Crippen LogP contribution in [-0.4, -0.2) is 17.9 Å². The van der Waals surface area contributed by atoms with Gasteiger partial charge in [-0.1, -0.05) is 23.2 Å². The van der Waals surface area contributed by atoms with Crippen molar-refractivity contribution in [2.45, 2.75) is 32.2 Å². The van der Waals surface area contributed by atoms with Gasteiger partial charge in [-0.2, -0.15) is 0 Å². The molecule has 6 heteroatoms. The summed E-state index contributed by atoms with van der Waals surface area (Å²) in [7, 11) is 0. The first-order valence-electron chi connectivity index (χ1n) is 6.03. The van der Waals surface area contributed by atoms with E-state index in [1.54, 1.807) is 19.1 Å². The lowest BCUT2D eigenvalue weighted by atomic mass is 10.0. The molecule has 0 aromatic heterocycles. The van der Waals surface area contributed by atoms with Crippen molar-refractivity contribution in [1.82, 2.24) is 5.32 Å². The van der Waals surface area contributed by atoms with Gasteiger partial charge in [-0.05, 0) is 37.5 Å². The highest BCUT2D eigenvalue weighted by atomic mass is 35.5. The average Bonchev–Trinajstić information content (AvgIpc) is 2.36. The van der Waals surface area contributed by atoms with Crippen molar-refractivity contribution >= 4 is 40.7 Å². The lowest BCUT2D eigenvalue weighted by molar-refractivity contribution is -0.128. The molecule has 0 spiro atoms. The first kappa shape index (κ1) is 14.2. The largest absolute Gasteiger partial charge is 0.344 e. The predicted octanol–water partition coefficient (Wildman–Crippen LogP) is 2.91. The summed E-state index contributed by atoms with van der Waals surface area (Å²) in [5.41, 5.74) is 1.30. The minimum atomic E-state index is -0.486. The fourth-order valence-corrected chi connectivity index (χ4v) is 2.44. The summed E-state index contributed by atoms with van der Waals surface area (Å²) >= 11 is 12.0. The van der Waals surface area contributed by atoms with Crippen molar-refractivity contribution in [2.75, 3.05) is 5.32 Å². The van der Waals surface area contributed by atoms with E-state index < -0.39 is 6.04 Å². The highest BCUT2D eigenvalue weighted by molar-refractivity contribution is 6.36. The predicted molar refractivity (Wildman–Crippen MR) is 75.6 cm³/mol. The molecule has 0 unspecified atom stereocenters. The molecule has 1 heterocycles. The highest BCUT2D eigenvalue weighted by Gasteiger charge is 2.24. The van der Waals surface area contributed by atoms with Gasteiger partial charge in [0, 0.05) is 22.2 Å². The van der Waals surface area contributed by atoms with Crippen molar-refractivity contribution in [2.24, 2.45) is 0 Å². The Kier molecular flexibility index (Phi) is 4.32. The fraction of sp³-hybridized carbons (Fsp3) is 0.385. The Balaban J connectivity index is 2.08. The van der Waals surface area contributed by atoms with Crippen LogP contribution < -0.4 is 10.6 Å². The number of nitrogens with one attached hydrogen (secondary N) is 2. The molecule has 102 valence electrons. The number of amides is 2. The van der Waals surface area contributed by atoms with Gasteiger partial charge in [0.2, 0.25) is 11.8 Å². The summed E-state index contributed by atoms with van der Waals surface area (Å²) in [5.74, 6) is -0.338. The maximum absolute atomic E-state index is 12.0. The number of anilines is 1. The van der Waals surface area contributed by atoms with Crippen LogP contribution in [0.3, 0.4) is 0 Å². The minimum absolute atomic E-state index is 0.0913. The van der Waals surface area contributed by atoms with E-state index in [1.807, 2.05) is 0 Å². The van der Waals surface area contributed by atoms with E-state index in [0.29, 0.717) is 28.6 Å². The molecule has 0 aliphatic carbocycles. The van der Waals surface area contributed by atoms with Gasteiger partial charge in [-0.25, -0.2) is 0 Å². The van der Waals surface area contributed by atoms with Crippen molar-refractivity contribution in [3.05, 3.63) is 27.7 Å². The summed E-state index contributed by atoms with van der Waals surface area (Å²) in [4.78, 5) is 23.3. The van der Waals surface area contributed by atoms with Crippen molar-refractivity contribution < 1.29 is 9.59 Å². The monoisotopic (exact) mass is 300 g/mol. The Morgan fingerprint density at radius 3 is 2.58 bits per heavy atom. The fourth-order valence-electron chi connectivity index (χ4n) is 1.95. The molecule has 1 aliphatic rings. The van der Waals surface area contributed by atoms with Crippen molar-refractivity contribution in [3.63, 3.8) is 0 Å². The third-order valence-electron chi connectivity index (χ3n) is 3.10.